The van der Waals surface area contributed by atoms with E-state index >= 15 is 0 Å². The highest BCUT2D eigenvalue weighted by molar-refractivity contribution is 7.19. The molecule has 3 heterocycles. The molecule has 3 aromatic rings. The molecule has 0 saturated heterocycles. The SMILES string of the molecule is COC(=O)Cc1c(C)nc2sc3c(c2c1-c1ccc2c(c1)OCO2)CCCC3. The van der Waals surface area contributed by atoms with Crippen molar-refractivity contribution in [2.75, 3.05) is 13.9 Å². The fourth-order valence-electron chi connectivity index (χ4n) is 4.24. The molecule has 0 saturated carbocycles. The van der Waals surface area contributed by atoms with Gasteiger partial charge in [0.05, 0.1) is 13.5 Å². The third kappa shape index (κ3) is 2.75. The average molecular weight is 395 g/mol. The van der Waals surface area contributed by atoms with Crippen LogP contribution in [0.4, 0.5) is 0 Å². The Bertz CT molecular complexity index is 1100. The zero-order valence-electron chi connectivity index (χ0n) is 16.0. The molecule has 1 aliphatic carbocycles. The van der Waals surface area contributed by atoms with E-state index in [1.807, 2.05) is 19.1 Å². The summed E-state index contributed by atoms with van der Waals surface area (Å²) in [5.41, 5.74) is 5.33. The first-order valence-corrected chi connectivity index (χ1v) is 10.4. The molecule has 0 N–H and O–H groups in total. The van der Waals surface area contributed by atoms with Gasteiger partial charge in [0.1, 0.15) is 4.83 Å². The average Bonchev–Trinajstić information content (AvgIpc) is 3.31. The van der Waals surface area contributed by atoms with Gasteiger partial charge in [0.15, 0.2) is 11.5 Å². The van der Waals surface area contributed by atoms with Crippen molar-refractivity contribution in [2.45, 2.75) is 39.0 Å². The second-order valence-electron chi connectivity index (χ2n) is 7.26. The van der Waals surface area contributed by atoms with Crippen molar-refractivity contribution in [1.29, 1.82) is 0 Å². The van der Waals surface area contributed by atoms with Crippen LogP contribution in [0.1, 0.15) is 34.5 Å². The number of ether oxygens (including phenoxy) is 3. The Hall–Kier alpha value is -2.60. The second-order valence-corrected chi connectivity index (χ2v) is 8.35. The third-order valence-electron chi connectivity index (χ3n) is 5.62. The van der Waals surface area contributed by atoms with Gasteiger partial charge in [-0.15, -0.1) is 11.3 Å². The summed E-state index contributed by atoms with van der Waals surface area (Å²) in [7, 11) is 1.43. The zero-order valence-corrected chi connectivity index (χ0v) is 16.8. The van der Waals surface area contributed by atoms with Crippen LogP contribution in [-0.2, 0) is 28.8 Å². The molecule has 5 rings (SSSR count). The van der Waals surface area contributed by atoms with E-state index in [1.165, 1.54) is 35.8 Å². The van der Waals surface area contributed by atoms with Gasteiger partial charge in [0, 0.05) is 16.0 Å². The fraction of sp³-hybridized carbons (Fsp3) is 0.364. The van der Waals surface area contributed by atoms with E-state index in [2.05, 4.69) is 6.07 Å². The number of methoxy groups -OCH3 is 1. The topological polar surface area (TPSA) is 57.7 Å². The number of benzene rings is 1. The van der Waals surface area contributed by atoms with Crippen LogP contribution in [-0.4, -0.2) is 24.9 Å². The summed E-state index contributed by atoms with van der Waals surface area (Å²) in [6, 6.07) is 6.01. The molecule has 0 unspecified atom stereocenters. The van der Waals surface area contributed by atoms with E-state index in [9.17, 15) is 4.79 Å². The van der Waals surface area contributed by atoms with E-state index in [1.54, 1.807) is 11.3 Å². The Morgan fingerprint density at radius 3 is 2.89 bits per heavy atom. The largest absolute Gasteiger partial charge is 0.469 e. The number of hydrogen-bond acceptors (Lipinski definition) is 6. The van der Waals surface area contributed by atoms with Gasteiger partial charge in [-0.3, -0.25) is 4.79 Å². The molecule has 2 aromatic heterocycles. The van der Waals surface area contributed by atoms with Crippen LogP contribution in [0.5, 0.6) is 11.5 Å². The number of aryl methyl sites for hydroxylation is 3. The molecule has 1 aliphatic heterocycles. The van der Waals surface area contributed by atoms with Crippen molar-refractivity contribution in [2.24, 2.45) is 0 Å². The van der Waals surface area contributed by atoms with Gasteiger partial charge < -0.3 is 14.2 Å². The van der Waals surface area contributed by atoms with Crippen molar-refractivity contribution < 1.29 is 19.0 Å². The number of aromatic nitrogens is 1. The zero-order chi connectivity index (χ0) is 19.3. The molecule has 0 bridgehead atoms. The van der Waals surface area contributed by atoms with E-state index < -0.39 is 0 Å². The summed E-state index contributed by atoms with van der Waals surface area (Å²) in [5, 5.41) is 1.20. The lowest BCUT2D eigenvalue weighted by Gasteiger charge is -2.17. The van der Waals surface area contributed by atoms with Gasteiger partial charge in [-0.25, -0.2) is 4.98 Å². The van der Waals surface area contributed by atoms with Crippen molar-refractivity contribution in [3.05, 3.63) is 39.9 Å². The molecule has 0 fully saturated rings. The normalized spacial score (nSPS) is 14.9. The molecule has 0 atom stereocenters. The lowest BCUT2D eigenvalue weighted by molar-refractivity contribution is -0.139. The van der Waals surface area contributed by atoms with Crippen molar-refractivity contribution in [3.8, 4) is 22.6 Å². The minimum absolute atomic E-state index is 0.208. The number of esters is 1. The first-order valence-electron chi connectivity index (χ1n) is 9.56. The van der Waals surface area contributed by atoms with Crippen LogP contribution in [0.3, 0.4) is 0 Å². The fourth-order valence-corrected chi connectivity index (χ4v) is 5.56. The van der Waals surface area contributed by atoms with Crippen molar-refractivity contribution >= 4 is 27.5 Å². The summed E-state index contributed by atoms with van der Waals surface area (Å²) in [4.78, 5) is 19.6. The molecular weight excluding hydrogens is 374 g/mol. The molecular formula is C22H21NO4S. The Morgan fingerprint density at radius 1 is 1.21 bits per heavy atom. The molecule has 6 heteroatoms. The summed E-state index contributed by atoms with van der Waals surface area (Å²) in [6.45, 7) is 2.22. The van der Waals surface area contributed by atoms with Gasteiger partial charge in [0.2, 0.25) is 6.79 Å². The van der Waals surface area contributed by atoms with Crippen molar-refractivity contribution in [1.82, 2.24) is 4.98 Å². The maximum atomic E-state index is 12.2. The standard InChI is InChI=1S/C22H21NO4S/c1-12-15(10-19(24)25-2)20(13-7-8-16-17(9-13)27-11-26-16)21-14-5-3-4-6-18(14)28-22(21)23-12/h7-9H,3-6,10-11H2,1-2H3. The first-order chi connectivity index (χ1) is 13.7. The highest BCUT2D eigenvalue weighted by atomic mass is 32.1. The Balaban J connectivity index is 1.81. The van der Waals surface area contributed by atoms with Crippen LogP contribution in [0.25, 0.3) is 21.3 Å². The maximum Gasteiger partial charge on any atom is 0.310 e. The highest BCUT2D eigenvalue weighted by Gasteiger charge is 2.25. The molecule has 0 amide bonds. The van der Waals surface area contributed by atoms with Gasteiger partial charge in [-0.05, 0) is 67.0 Å². The third-order valence-corrected chi connectivity index (χ3v) is 6.81. The minimum atomic E-state index is -0.254. The number of carbonyl (C=O) groups excluding carboxylic acids is 1. The van der Waals surface area contributed by atoms with E-state index in [0.29, 0.717) is 0 Å². The highest BCUT2D eigenvalue weighted by Crippen LogP contribution is 2.45. The summed E-state index contributed by atoms with van der Waals surface area (Å²) < 4.78 is 16.1. The number of hydrogen-bond donors (Lipinski definition) is 0. The number of rotatable bonds is 3. The molecule has 2 aliphatic rings. The predicted molar refractivity (Wildman–Crippen MR) is 108 cm³/mol. The Kier molecular flexibility index (Phi) is 4.23. The van der Waals surface area contributed by atoms with Crippen LogP contribution in [0.2, 0.25) is 0 Å². The predicted octanol–water partition coefficient (Wildman–Crippen LogP) is 4.59. The Labute approximate surface area is 167 Å². The van der Waals surface area contributed by atoms with Crippen molar-refractivity contribution in [3.63, 3.8) is 0 Å². The number of carbonyl (C=O) groups is 1. The number of nitrogens with zero attached hydrogens (tertiary/aromatic N) is 1. The summed E-state index contributed by atoms with van der Waals surface area (Å²) in [5.74, 6) is 1.25. The number of fused-ring (bicyclic) bond motifs is 4. The molecule has 0 spiro atoms. The minimum Gasteiger partial charge on any atom is -0.469 e. The lowest BCUT2D eigenvalue weighted by atomic mass is 9.89. The van der Waals surface area contributed by atoms with Gasteiger partial charge in [-0.1, -0.05) is 6.07 Å². The van der Waals surface area contributed by atoms with Gasteiger partial charge in [-0.2, -0.15) is 0 Å². The first kappa shape index (κ1) is 17.5. The van der Waals surface area contributed by atoms with Crippen LogP contribution in [0, 0.1) is 6.92 Å². The van der Waals surface area contributed by atoms with Gasteiger partial charge in [0.25, 0.3) is 0 Å². The molecule has 5 nitrogen and oxygen atoms in total. The van der Waals surface area contributed by atoms with E-state index in [-0.39, 0.29) is 19.2 Å². The van der Waals surface area contributed by atoms with Gasteiger partial charge >= 0.3 is 5.97 Å². The van der Waals surface area contributed by atoms with Crippen LogP contribution < -0.4 is 9.47 Å². The second kappa shape index (κ2) is 6.78. The summed E-state index contributed by atoms with van der Waals surface area (Å²) >= 11 is 1.80. The summed E-state index contributed by atoms with van der Waals surface area (Å²) in [6.07, 6.45) is 4.81. The van der Waals surface area contributed by atoms with Crippen LogP contribution in [0.15, 0.2) is 18.2 Å². The lowest BCUT2D eigenvalue weighted by Crippen LogP contribution is -2.09. The number of thiophene rings is 1. The molecule has 0 radical (unpaired) electrons. The Morgan fingerprint density at radius 2 is 2.04 bits per heavy atom. The number of pyridine rings is 1. The quantitative estimate of drug-likeness (QED) is 0.607. The monoisotopic (exact) mass is 395 g/mol. The van der Waals surface area contributed by atoms with Crippen LogP contribution >= 0.6 is 11.3 Å². The van der Waals surface area contributed by atoms with E-state index in [4.69, 9.17) is 19.2 Å². The molecule has 28 heavy (non-hydrogen) atoms. The molecule has 144 valence electrons. The van der Waals surface area contributed by atoms with E-state index in [0.717, 1.165) is 51.6 Å². The maximum absolute atomic E-state index is 12.2. The molecule has 1 aromatic carbocycles. The smallest absolute Gasteiger partial charge is 0.310 e.